The summed E-state index contributed by atoms with van der Waals surface area (Å²) in [7, 11) is 1.36. The highest BCUT2D eigenvalue weighted by atomic mass is 16.6. The predicted octanol–water partition coefficient (Wildman–Crippen LogP) is -0.434. The quantitative estimate of drug-likeness (QED) is 0.555. The zero-order valence-electron chi connectivity index (χ0n) is 7.29. The summed E-state index contributed by atoms with van der Waals surface area (Å²) in [5, 5.41) is 0. The van der Waals surface area contributed by atoms with E-state index in [1.54, 1.807) is 6.92 Å². The molecule has 0 unspecified atom stereocenters. The molecule has 0 saturated heterocycles. The van der Waals surface area contributed by atoms with E-state index in [0.717, 1.165) is 0 Å². The van der Waals surface area contributed by atoms with Crippen molar-refractivity contribution in [2.24, 2.45) is 11.7 Å². The maximum absolute atomic E-state index is 10.8. The summed E-state index contributed by atoms with van der Waals surface area (Å²) < 4.78 is 0. The molecule has 0 bridgehead atoms. The highest BCUT2D eigenvalue weighted by molar-refractivity contribution is 5.77. The molecule has 0 aromatic heterocycles. The first kappa shape index (κ1) is 10.9. The molecule has 0 aliphatic carbocycles. The van der Waals surface area contributed by atoms with Gasteiger partial charge in [-0.2, -0.15) is 0 Å². The van der Waals surface area contributed by atoms with Crippen LogP contribution in [0.2, 0.25) is 0 Å². The third kappa shape index (κ3) is 5.67. The number of primary amides is 1. The van der Waals surface area contributed by atoms with Crippen molar-refractivity contribution >= 4 is 11.8 Å². The molecule has 0 spiro atoms. The van der Waals surface area contributed by atoms with Crippen LogP contribution in [-0.2, 0) is 14.4 Å². The summed E-state index contributed by atoms with van der Waals surface area (Å²) in [5.41, 5.74) is 7.10. The smallest absolute Gasteiger partial charge is 0.243 e. The zero-order chi connectivity index (χ0) is 9.56. The summed E-state index contributed by atoms with van der Waals surface area (Å²) in [4.78, 5) is 25.6. The number of carbonyl (C=O) groups excluding carboxylic acids is 2. The van der Waals surface area contributed by atoms with Crippen LogP contribution in [0.25, 0.3) is 0 Å². The van der Waals surface area contributed by atoms with Crippen LogP contribution in [-0.4, -0.2) is 18.9 Å². The molecule has 12 heavy (non-hydrogen) atoms. The van der Waals surface area contributed by atoms with Crippen molar-refractivity contribution in [3.8, 4) is 0 Å². The highest BCUT2D eigenvalue weighted by Crippen LogP contribution is 2.05. The highest BCUT2D eigenvalue weighted by Gasteiger charge is 2.10. The lowest BCUT2D eigenvalue weighted by Crippen LogP contribution is -2.25. The molecule has 70 valence electrons. The van der Waals surface area contributed by atoms with Gasteiger partial charge in [0, 0.05) is 12.8 Å². The standard InChI is InChI=1S/C7H14N2O3/c1-5(3-6(8)10)4-7(11)9-12-2/h5H,3-4H2,1-2H3,(H2,8,10)(H,9,11)/t5-/m1/s1. The van der Waals surface area contributed by atoms with Gasteiger partial charge >= 0.3 is 0 Å². The third-order valence-electron chi connectivity index (χ3n) is 1.30. The van der Waals surface area contributed by atoms with Gasteiger partial charge in [0.05, 0.1) is 7.11 Å². The molecular formula is C7H14N2O3. The average molecular weight is 174 g/mol. The van der Waals surface area contributed by atoms with E-state index in [1.807, 2.05) is 0 Å². The molecular weight excluding hydrogens is 160 g/mol. The second kappa shape index (κ2) is 5.54. The number of hydrogen-bond acceptors (Lipinski definition) is 3. The molecule has 5 heteroatoms. The van der Waals surface area contributed by atoms with Gasteiger partial charge in [0.1, 0.15) is 0 Å². The van der Waals surface area contributed by atoms with Gasteiger partial charge in [0.15, 0.2) is 0 Å². The lowest BCUT2D eigenvalue weighted by molar-refractivity contribution is -0.132. The van der Waals surface area contributed by atoms with Gasteiger partial charge in [-0.1, -0.05) is 6.92 Å². The van der Waals surface area contributed by atoms with Crippen molar-refractivity contribution in [3.05, 3.63) is 0 Å². The van der Waals surface area contributed by atoms with Gasteiger partial charge < -0.3 is 5.73 Å². The minimum atomic E-state index is -0.396. The van der Waals surface area contributed by atoms with Crippen molar-refractivity contribution in [3.63, 3.8) is 0 Å². The van der Waals surface area contributed by atoms with E-state index < -0.39 is 5.91 Å². The Morgan fingerprint density at radius 1 is 1.50 bits per heavy atom. The molecule has 5 nitrogen and oxygen atoms in total. The van der Waals surface area contributed by atoms with Gasteiger partial charge in [-0.25, -0.2) is 5.48 Å². The van der Waals surface area contributed by atoms with Gasteiger partial charge in [-0.05, 0) is 5.92 Å². The van der Waals surface area contributed by atoms with Crippen molar-refractivity contribution in [2.75, 3.05) is 7.11 Å². The fourth-order valence-corrected chi connectivity index (χ4v) is 0.888. The monoisotopic (exact) mass is 174 g/mol. The number of rotatable bonds is 5. The SMILES string of the molecule is CONC(=O)C[C@H](C)CC(N)=O. The van der Waals surface area contributed by atoms with Crippen LogP contribution in [0, 0.1) is 5.92 Å². The molecule has 0 heterocycles. The van der Waals surface area contributed by atoms with Crippen LogP contribution in [0.15, 0.2) is 0 Å². The van der Waals surface area contributed by atoms with Gasteiger partial charge in [-0.3, -0.25) is 14.4 Å². The number of hydroxylamine groups is 1. The summed E-state index contributed by atoms with van der Waals surface area (Å²) in [6.07, 6.45) is 0.466. The fraction of sp³-hybridized carbons (Fsp3) is 0.714. The molecule has 2 amide bonds. The number of nitrogens with one attached hydrogen (secondary N) is 1. The number of nitrogens with two attached hydrogens (primary N) is 1. The maximum atomic E-state index is 10.8. The van der Waals surface area contributed by atoms with Crippen LogP contribution < -0.4 is 11.2 Å². The molecule has 0 aliphatic rings. The molecule has 0 saturated carbocycles. The lowest BCUT2D eigenvalue weighted by atomic mass is 10.0. The zero-order valence-corrected chi connectivity index (χ0v) is 7.29. The Labute approximate surface area is 71.2 Å². The maximum Gasteiger partial charge on any atom is 0.243 e. The Kier molecular flexibility index (Phi) is 5.03. The van der Waals surface area contributed by atoms with Crippen molar-refractivity contribution in [2.45, 2.75) is 19.8 Å². The summed E-state index contributed by atoms with van der Waals surface area (Å²) in [6.45, 7) is 1.78. The van der Waals surface area contributed by atoms with Gasteiger partial charge in [-0.15, -0.1) is 0 Å². The van der Waals surface area contributed by atoms with Crippen LogP contribution >= 0.6 is 0 Å². The Bertz CT molecular complexity index is 170. The van der Waals surface area contributed by atoms with Crippen molar-refractivity contribution in [1.82, 2.24) is 5.48 Å². The molecule has 0 aromatic carbocycles. The van der Waals surface area contributed by atoms with E-state index in [2.05, 4.69) is 10.3 Å². The van der Waals surface area contributed by atoms with Crippen LogP contribution in [0.3, 0.4) is 0 Å². The summed E-state index contributed by atoms with van der Waals surface area (Å²) >= 11 is 0. The number of hydrogen-bond donors (Lipinski definition) is 2. The average Bonchev–Trinajstić information content (AvgIpc) is 1.84. The third-order valence-corrected chi connectivity index (χ3v) is 1.30. The first-order valence-electron chi connectivity index (χ1n) is 3.66. The molecule has 0 fully saturated rings. The Morgan fingerprint density at radius 3 is 2.50 bits per heavy atom. The van der Waals surface area contributed by atoms with E-state index in [9.17, 15) is 9.59 Å². The van der Waals surface area contributed by atoms with E-state index >= 15 is 0 Å². The fourth-order valence-electron chi connectivity index (χ4n) is 0.888. The number of amides is 2. The topological polar surface area (TPSA) is 81.4 Å². The largest absolute Gasteiger partial charge is 0.370 e. The molecule has 0 radical (unpaired) electrons. The van der Waals surface area contributed by atoms with E-state index in [4.69, 9.17) is 5.73 Å². The lowest BCUT2D eigenvalue weighted by Gasteiger charge is -2.07. The summed E-state index contributed by atoms with van der Waals surface area (Å²) in [5.74, 6) is -0.684. The second-order valence-corrected chi connectivity index (χ2v) is 2.71. The van der Waals surface area contributed by atoms with Crippen molar-refractivity contribution in [1.29, 1.82) is 0 Å². The van der Waals surface area contributed by atoms with Gasteiger partial charge in [0.25, 0.3) is 0 Å². The van der Waals surface area contributed by atoms with Crippen molar-refractivity contribution < 1.29 is 14.4 Å². The Balaban J connectivity index is 3.61. The number of carbonyl (C=O) groups is 2. The van der Waals surface area contributed by atoms with Crippen LogP contribution in [0.4, 0.5) is 0 Å². The summed E-state index contributed by atoms with van der Waals surface area (Å²) in [6, 6.07) is 0. The molecule has 0 aromatic rings. The minimum Gasteiger partial charge on any atom is -0.370 e. The minimum absolute atomic E-state index is 0.0438. The predicted molar refractivity (Wildman–Crippen MR) is 42.7 cm³/mol. The Morgan fingerprint density at radius 2 is 2.08 bits per heavy atom. The molecule has 0 aliphatic heterocycles. The van der Waals surface area contributed by atoms with E-state index in [-0.39, 0.29) is 24.7 Å². The molecule has 1 atom stereocenters. The normalized spacial score (nSPS) is 12.2. The first-order chi connectivity index (χ1) is 5.56. The second-order valence-electron chi connectivity index (χ2n) is 2.71. The van der Waals surface area contributed by atoms with Gasteiger partial charge in [0.2, 0.25) is 11.8 Å². The van der Waals surface area contributed by atoms with Crippen LogP contribution in [0.1, 0.15) is 19.8 Å². The van der Waals surface area contributed by atoms with E-state index in [0.29, 0.717) is 0 Å². The van der Waals surface area contributed by atoms with Crippen LogP contribution in [0.5, 0.6) is 0 Å². The van der Waals surface area contributed by atoms with E-state index in [1.165, 1.54) is 7.11 Å². The Hall–Kier alpha value is -1.10. The first-order valence-corrected chi connectivity index (χ1v) is 3.66. The molecule has 3 N–H and O–H groups in total. The molecule has 0 rings (SSSR count).